The minimum atomic E-state index is -0.0776. The van der Waals surface area contributed by atoms with E-state index in [9.17, 15) is 4.79 Å². The summed E-state index contributed by atoms with van der Waals surface area (Å²) >= 11 is 6.23. The number of carbonyl (C=O) groups is 1. The number of anilines is 2. The average Bonchev–Trinajstić information content (AvgIpc) is 2.47. The molecule has 1 aromatic rings. The summed E-state index contributed by atoms with van der Waals surface area (Å²) in [6, 6.07) is 5.46. The van der Waals surface area contributed by atoms with Crippen LogP contribution in [-0.4, -0.2) is 51.8 Å². The van der Waals surface area contributed by atoms with Crippen LogP contribution in [0.3, 0.4) is 0 Å². The van der Waals surface area contributed by atoms with Crippen molar-refractivity contribution in [2.24, 2.45) is 5.92 Å². The number of nitrogens with one attached hydrogen (secondary N) is 1. The number of amides is 2. The maximum absolute atomic E-state index is 12.5. The van der Waals surface area contributed by atoms with Gasteiger partial charge in [0.1, 0.15) is 0 Å². The number of urea groups is 1. The predicted molar refractivity (Wildman–Crippen MR) is 91.0 cm³/mol. The highest BCUT2D eigenvalue weighted by molar-refractivity contribution is 6.34. The molecule has 2 amide bonds. The molecular formula is C16H24ClN3O2. The number of hydrogen-bond acceptors (Lipinski definition) is 3. The lowest BCUT2D eigenvalue weighted by Gasteiger charge is -2.32. The fourth-order valence-corrected chi connectivity index (χ4v) is 3.23. The third kappa shape index (κ3) is 4.05. The van der Waals surface area contributed by atoms with Crippen LogP contribution >= 0.6 is 11.6 Å². The van der Waals surface area contributed by atoms with Crippen LogP contribution < -0.4 is 10.2 Å². The minimum absolute atomic E-state index is 0.0776. The van der Waals surface area contributed by atoms with Crippen LogP contribution in [0.25, 0.3) is 0 Å². The lowest BCUT2D eigenvalue weighted by molar-refractivity contribution is 0.104. The van der Waals surface area contributed by atoms with Crippen molar-refractivity contribution in [3.63, 3.8) is 0 Å². The number of nitrogens with zero attached hydrogens (tertiary/aromatic N) is 2. The van der Waals surface area contributed by atoms with E-state index in [1.807, 2.05) is 42.1 Å². The molecule has 1 atom stereocenters. The molecule has 0 unspecified atom stereocenters. The Hall–Kier alpha value is -1.46. The first-order chi connectivity index (χ1) is 10.5. The van der Waals surface area contributed by atoms with Crippen molar-refractivity contribution in [1.29, 1.82) is 0 Å². The van der Waals surface area contributed by atoms with Crippen molar-refractivity contribution in [2.75, 3.05) is 51.1 Å². The predicted octanol–water partition coefficient (Wildman–Crippen LogP) is 3.30. The Labute approximate surface area is 137 Å². The topological polar surface area (TPSA) is 44.8 Å². The number of rotatable bonds is 4. The van der Waals surface area contributed by atoms with Gasteiger partial charge in [0.2, 0.25) is 0 Å². The quantitative estimate of drug-likeness (QED) is 0.923. The summed E-state index contributed by atoms with van der Waals surface area (Å²) in [5.74, 6) is 0.414. The largest absolute Gasteiger partial charge is 0.384 e. The molecule has 0 spiro atoms. The lowest BCUT2D eigenvalue weighted by Crippen LogP contribution is -2.43. The summed E-state index contributed by atoms with van der Waals surface area (Å²) < 4.78 is 5.21. The van der Waals surface area contributed by atoms with E-state index >= 15 is 0 Å². The van der Waals surface area contributed by atoms with Crippen LogP contribution in [0.4, 0.5) is 16.2 Å². The van der Waals surface area contributed by atoms with E-state index < -0.39 is 0 Å². The van der Waals surface area contributed by atoms with Crippen molar-refractivity contribution in [3.05, 3.63) is 23.2 Å². The van der Waals surface area contributed by atoms with Crippen LogP contribution in [0.15, 0.2) is 18.2 Å². The molecule has 0 aromatic heterocycles. The second-order valence-electron chi connectivity index (χ2n) is 5.87. The van der Waals surface area contributed by atoms with Gasteiger partial charge in [0.15, 0.2) is 0 Å². The van der Waals surface area contributed by atoms with Crippen LogP contribution in [-0.2, 0) is 4.74 Å². The summed E-state index contributed by atoms with van der Waals surface area (Å²) in [4.78, 5) is 16.3. The zero-order valence-electron chi connectivity index (χ0n) is 13.4. The molecule has 5 nitrogen and oxygen atoms in total. The average molecular weight is 326 g/mol. The number of ether oxygens (including phenoxy) is 1. The SMILES string of the molecule is COC[C@H]1CCCN(C(=O)Nc2cccc(Cl)c2N(C)C)C1. The van der Waals surface area contributed by atoms with E-state index in [1.165, 1.54) is 0 Å². The molecule has 0 radical (unpaired) electrons. The van der Waals surface area contributed by atoms with E-state index in [0.717, 1.165) is 37.3 Å². The number of para-hydroxylation sites is 1. The molecule has 0 saturated carbocycles. The van der Waals surface area contributed by atoms with Gasteiger partial charge in [0, 0.05) is 40.2 Å². The smallest absolute Gasteiger partial charge is 0.321 e. The van der Waals surface area contributed by atoms with Gasteiger partial charge >= 0.3 is 6.03 Å². The molecule has 6 heteroatoms. The fourth-order valence-electron chi connectivity index (χ4n) is 2.89. The van der Waals surface area contributed by atoms with E-state index in [-0.39, 0.29) is 6.03 Å². The zero-order valence-corrected chi connectivity index (χ0v) is 14.2. The molecule has 22 heavy (non-hydrogen) atoms. The molecule has 1 aliphatic heterocycles. The van der Waals surface area contributed by atoms with Crippen LogP contribution in [0.5, 0.6) is 0 Å². The van der Waals surface area contributed by atoms with Gasteiger partial charge in [0.05, 0.1) is 23.0 Å². The number of halogens is 1. The van der Waals surface area contributed by atoms with Gasteiger partial charge in [-0.05, 0) is 25.0 Å². The maximum atomic E-state index is 12.5. The summed E-state index contributed by atoms with van der Waals surface area (Å²) in [5.41, 5.74) is 1.55. The van der Waals surface area contributed by atoms with E-state index in [1.54, 1.807) is 7.11 Å². The molecular weight excluding hydrogens is 302 g/mol. The molecule has 2 rings (SSSR count). The molecule has 1 fully saturated rings. The monoisotopic (exact) mass is 325 g/mol. The number of methoxy groups -OCH3 is 1. The van der Waals surface area contributed by atoms with Crippen molar-refractivity contribution in [2.45, 2.75) is 12.8 Å². The molecule has 1 aliphatic rings. The third-order valence-electron chi connectivity index (χ3n) is 3.88. The molecule has 1 heterocycles. The Morgan fingerprint density at radius 3 is 2.95 bits per heavy atom. The summed E-state index contributed by atoms with van der Waals surface area (Å²) in [6.07, 6.45) is 2.12. The molecule has 1 N–H and O–H groups in total. The molecule has 1 aromatic carbocycles. The molecule has 0 aliphatic carbocycles. The van der Waals surface area contributed by atoms with E-state index in [0.29, 0.717) is 17.5 Å². The maximum Gasteiger partial charge on any atom is 0.321 e. The first-order valence-corrected chi connectivity index (χ1v) is 7.91. The number of carbonyl (C=O) groups excluding carboxylic acids is 1. The fraction of sp³-hybridized carbons (Fsp3) is 0.562. The van der Waals surface area contributed by atoms with Gasteiger partial charge in [0.25, 0.3) is 0 Å². The number of benzene rings is 1. The lowest BCUT2D eigenvalue weighted by atomic mass is 9.99. The van der Waals surface area contributed by atoms with Crippen molar-refractivity contribution < 1.29 is 9.53 Å². The third-order valence-corrected chi connectivity index (χ3v) is 4.19. The Bertz CT molecular complexity index is 520. The Kier molecular flexibility index (Phi) is 5.91. The number of hydrogen-bond donors (Lipinski definition) is 1. The zero-order chi connectivity index (χ0) is 16.1. The molecule has 122 valence electrons. The van der Waals surface area contributed by atoms with Crippen LogP contribution in [0, 0.1) is 5.92 Å². The van der Waals surface area contributed by atoms with Gasteiger partial charge in [-0.25, -0.2) is 4.79 Å². The van der Waals surface area contributed by atoms with Gasteiger partial charge in [-0.15, -0.1) is 0 Å². The highest BCUT2D eigenvalue weighted by atomic mass is 35.5. The highest BCUT2D eigenvalue weighted by Gasteiger charge is 2.24. The van der Waals surface area contributed by atoms with Crippen LogP contribution in [0.2, 0.25) is 5.02 Å². The molecule has 1 saturated heterocycles. The van der Waals surface area contributed by atoms with Gasteiger partial charge < -0.3 is 19.9 Å². The number of piperidine rings is 1. The van der Waals surface area contributed by atoms with Gasteiger partial charge in [-0.3, -0.25) is 0 Å². The second kappa shape index (κ2) is 7.70. The minimum Gasteiger partial charge on any atom is -0.384 e. The van der Waals surface area contributed by atoms with Crippen molar-refractivity contribution in [1.82, 2.24) is 4.90 Å². The van der Waals surface area contributed by atoms with Crippen molar-refractivity contribution >= 4 is 29.0 Å². The summed E-state index contributed by atoms with van der Waals surface area (Å²) in [5, 5.41) is 3.61. The van der Waals surface area contributed by atoms with Crippen molar-refractivity contribution in [3.8, 4) is 0 Å². The Morgan fingerprint density at radius 1 is 1.50 bits per heavy atom. The molecule has 0 bridgehead atoms. The first-order valence-electron chi connectivity index (χ1n) is 7.53. The first kappa shape index (κ1) is 16.9. The summed E-state index contributed by atoms with van der Waals surface area (Å²) in [6.45, 7) is 2.21. The van der Waals surface area contributed by atoms with E-state index in [2.05, 4.69) is 5.32 Å². The van der Waals surface area contributed by atoms with Crippen LogP contribution in [0.1, 0.15) is 12.8 Å². The summed E-state index contributed by atoms with van der Waals surface area (Å²) in [7, 11) is 5.52. The number of likely N-dealkylation sites (tertiary alicyclic amines) is 1. The Balaban J connectivity index is 2.07. The standard InChI is InChI=1S/C16H24ClN3O2/c1-19(2)15-13(17)7-4-8-14(15)18-16(21)20-9-5-6-12(10-20)11-22-3/h4,7-8,12H,5-6,9-11H2,1-3H3,(H,18,21)/t12-/m0/s1. The van der Waals surface area contributed by atoms with E-state index in [4.69, 9.17) is 16.3 Å². The highest BCUT2D eigenvalue weighted by Crippen LogP contribution is 2.32. The second-order valence-corrected chi connectivity index (χ2v) is 6.28. The Morgan fingerprint density at radius 2 is 2.27 bits per heavy atom. The van der Waals surface area contributed by atoms with Gasteiger partial charge in [-0.2, -0.15) is 0 Å². The normalized spacial score (nSPS) is 18.2. The van der Waals surface area contributed by atoms with Gasteiger partial charge in [-0.1, -0.05) is 17.7 Å².